The molecule has 0 heterocycles. The van der Waals surface area contributed by atoms with Crippen molar-refractivity contribution < 1.29 is 14.3 Å². The highest BCUT2D eigenvalue weighted by atomic mass is 35.5. The third-order valence-corrected chi connectivity index (χ3v) is 4.14. The Labute approximate surface area is 160 Å². The third-order valence-electron chi connectivity index (χ3n) is 3.89. The molecule has 140 valence electrons. The molecule has 26 heavy (non-hydrogen) atoms. The van der Waals surface area contributed by atoms with Gasteiger partial charge in [-0.15, -0.1) is 0 Å². The molecule has 0 aliphatic carbocycles. The lowest BCUT2D eigenvalue weighted by molar-refractivity contribution is -0.128. The summed E-state index contributed by atoms with van der Waals surface area (Å²) in [6.45, 7) is 4.91. The third kappa shape index (κ3) is 6.60. The van der Waals surface area contributed by atoms with Crippen molar-refractivity contribution in [2.24, 2.45) is 0 Å². The fourth-order valence-electron chi connectivity index (χ4n) is 2.50. The fourth-order valence-corrected chi connectivity index (χ4v) is 2.62. The fraction of sp³-hybridized carbons (Fsp3) is 0.381. The smallest absolute Gasteiger partial charge is 0.261 e. The predicted octanol–water partition coefficient (Wildman–Crippen LogP) is 4.65. The van der Waals surface area contributed by atoms with Gasteiger partial charge in [0.2, 0.25) is 0 Å². The molecule has 2 rings (SSSR count). The van der Waals surface area contributed by atoms with Crippen molar-refractivity contribution in [1.82, 2.24) is 5.32 Å². The molecule has 1 N–H and O–H groups in total. The van der Waals surface area contributed by atoms with E-state index >= 15 is 0 Å². The summed E-state index contributed by atoms with van der Waals surface area (Å²) in [4.78, 5) is 12.3. The maximum Gasteiger partial charge on any atom is 0.261 e. The van der Waals surface area contributed by atoms with Crippen molar-refractivity contribution in [1.29, 1.82) is 0 Å². The number of hydrogen-bond acceptors (Lipinski definition) is 3. The summed E-state index contributed by atoms with van der Waals surface area (Å²) in [6.07, 6.45) is 2.24. The van der Waals surface area contributed by atoms with Crippen molar-refractivity contribution in [2.45, 2.75) is 39.2 Å². The van der Waals surface area contributed by atoms with Crippen LogP contribution in [0.4, 0.5) is 0 Å². The van der Waals surface area contributed by atoms with Crippen molar-refractivity contribution in [3.8, 4) is 11.5 Å². The highest BCUT2D eigenvalue weighted by Crippen LogP contribution is 2.17. The van der Waals surface area contributed by atoms with Crippen LogP contribution in [0.15, 0.2) is 48.5 Å². The van der Waals surface area contributed by atoms with Crippen molar-refractivity contribution in [3.05, 3.63) is 59.1 Å². The van der Waals surface area contributed by atoms with E-state index in [1.165, 1.54) is 5.56 Å². The molecular weight excluding hydrogens is 350 g/mol. The molecule has 4 nitrogen and oxygen atoms in total. The van der Waals surface area contributed by atoms with Gasteiger partial charge >= 0.3 is 0 Å². The van der Waals surface area contributed by atoms with Crippen LogP contribution >= 0.6 is 11.6 Å². The lowest BCUT2D eigenvalue weighted by Gasteiger charge is -2.17. The summed E-state index contributed by atoms with van der Waals surface area (Å²) >= 11 is 5.86. The molecule has 1 atom stereocenters. The molecule has 0 saturated heterocycles. The van der Waals surface area contributed by atoms with Crippen LogP contribution in [0.2, 0.25) is 5.02 Å². The van der Waals surface area contributed by atoms with E-state index < -0.39 is 6.10 Å². The van der Waals surface area contributed by atoms with Crippen molar-refractivity contribution in [2.75, 3.05) is 13.2 Å². The van der Waals surface area contributed by atoms with Gasteiger partial charge in [-0.2, -0.15) is 0 Å². The molecule has 5 heteroatoms. The molecule has 0 saturated carbocycles. The van der Waals surface area contributed by atoms with Gasteiger partial charge in [0.15, 0.2) is 6.10 Å². The van der Waals surface area contributed by atoms with Crippen LogP contribution in [0, 0.1) is 0 Å². The number of ether oxygens (including phenoxy) is 2. The Balaban J connectivity index is 1.73. The lowest BCUT2D eigenvalue weighted by atomic mass is 10.1. The topological polar surface area (TPSA) is 47.6 Å². The van der Waals surface area contributed by atoms with Crippen molar-refractivity contribution >= 4 is 17.5 Å². The highest BCUT2D eigenvalue weighted by Gasteiger charge is 2.17. The second-order valence-corrected chi connectivity index (χ2v) is 6.44. The van der Waals surface area contributed by atoms with Crippen LogP contribution in [-0.2, 0) is 11.2 Å². The first-order chi connectivity index (χ1) is 12.6. The average Bonchev–Trinajstić information content (AvgIpc) is 2.66. The second-order valence-electron chi connectivity index (χ2n) is 6.00. The molecule has 1 unspecified atom stereocenters. The number of nitrogens with one attached hydrogen (secondary N) is 1. The van der Waals surface area contributed by atoms with Crippen LogP contribution in [0.25, 0.3) is 0 Å². The molecule has 0 aliphatic rings. The van der Waals surface area contributed by atoms with Gasteiger partial charge in [0, 0.05) is 5.02 Å². The van der Waals surface area contributed by atoms with Gasteiger partial charge in [-0.25, -0.2) is 0 Å². The Hall–Kier alpha value is -2.20. The summed E-state index contributed by atoms with van der Waals surface area (Å²) in [7, 11) is 0. The Morgan fingerprint density at radius 1 is 1.04 bits per heavy atom. The highest BCUT2D eigenvalue weighted by molar-refractivity contribution is 6.30. The maximum atomic E-state index is 12.3. The summed E-state index contributed by atoms with van der Waals surface area (Å²) < 4.78 is 11.4. The largest absolute Gasteiger partial charge is 0.492 e. The van der Waals surface area contributed by atoms with Crippen LogP contribution in [-0.4, -0.2) is 25.2 Å². The average molecular weight is 376 g/mol. The number of hydrogen-bond donors (Lipinski definition) is 1. The van der Waals surface area contributed by atoms with Gasteiger partial charge in [0.05, 0.1) is 6.54 Å². The van der Waals surface area contributed by atoms with E-state index in [9.17, 15) is 4.79 Å². The summed E-state index contributed by atoms with van der Waals surface area (Å²) in [5, 5.41) is 3.49. The van der Waals surface area contributed by atoms with Gasteiger partial charge in [0.25, 0.3) is 5.91 Å². The standard InChI is InChI=1S/C21H26ClNO3/c1-3-5-16-6-10-18(11-7-16)25-15-14-23-21(24)20(4-2)26-19-12-8-17(22)9-13-19/h6-13,20H,3-5,14-15H2,1-2H3,(H,23,24). The number of rotatable bonds is 10. The molecule has 0 fully saturated rings. The molecule has 2 aromatic rings. The normalized spacial score (nSPS) is 11.7. The lowest BCUT2D eigenvalue weighted by Crippen LogP contribution is -2.39. The molecule has 0 bridgehead atoms. The molecule has 0 spiro atoms. The van der Waals surface area contributed by atoms with E-state index in [4.69, 9.17) is 21.1 Å². The Morgan fingerprint density at radius 2 is 1.69 bits per heavy atom. The van der Waals surface area contributed by atoms with Gasteiger partial charge in [-0.05, 0) is 54.8 Å². The molecule has 0 aromatic heterocycles. The first kappa shape index (κ1) is 20.1. The molecule has 0 aliphatic heterocycles. The van der Waals surface area contributed by atoms with E-state index in [0.717, 1.165) is 18.6 Å². The zero-order valence-electron chi connectivity index (χ0n) is 15.3. The molecule has 1 amide bonds. The number of carbonyl (C=O) groups excluding carboxylic acids is 1. The minimum Gasteiger partial charge on any atom is -0.492 e. The number of amides is 1. The van der Waals surface area contributed by atoms with Gasteiger partial charge in [-0.3, -0.25) is 4.79 Å². The monoisotopic (exact) mass is 375 g/mol. The predicted molar refractivity (Wildman–Crippen MR) is 105 cm³/mol. The number of aryl methyl sites for hydroxylation is 1. The van der Waals surface area contributed by atoms with Gasteiger partial charge < -0.3 is 14.8 Å². The summed E-state index contributed by atoms with van der Waals surface area (Å²) in [5.74, 6) is 1.28. The van der Waals surface area contributed by atoms with Crippen LogP contribution < -0.4 is 14.8 Å². The number of carbonyl (C=O) groups is 1. The van der Waals surface area contributed by atoms with Crippen LogP contribution in [0.5, 0.6) is 11.5 Å². The Bertz CT molecular complexity index is 671. The summed E-state index contributed by atoms with van der Waals surface area (Å²) in [5.41, 5.74) is 1.30. The molecule has 2 aromatic carbocycles. The van der Waals surface area contributed by atoms with Gasteiger partial charge in [-0.1, -0.05) is 44.0 Å². The molecule has 0 radical (unpaired) electrons. The Kier molecular flexibility index (Phi) is 8.29. The second kappa shape index (κ2) is 10.7. The minimum atomic E-state index is -0.537. The zero-order valence-corrected chi connectivity index (χ0v) is 16.1. The SMILES string of the molecule is CCCc1ccc(OCCNC(=O)C(CC)Oc2ccc(Cl)cc2)cc1. The Morgan fingerprint density at radius 3 is 2.31 bits per heavy atom. The van der Waals surface area contributed by atoms with E-state index in [0.29, 0.717) is 30.3 Å². The minimum absolute atomic E-state index is 0.149. The quantitative estimate of drug-likeness (QED) is 0.615. The van der Waals surface area contributed by atoms with Gasteiger partial charge in [0.1, 0.15) is 18.1 Å². The van der Waals surface area contributed by atoms with E-state index in [-0.39, 0.29) is 5.91 Å². The zero-order chi connectivity index (χ0) is 18.8. The van der Waals surface area contributed by atoms with Crippen LogP contribution in [0.3, 0.4) is 0 Å². The van der Waals surface area contributed by atoms with Crippen LogP contribution in [0.1, 0.15) is 32.3 Å². The summed E-state index contributed by atoms with van der Waals surface area (Å²) in [6, 6.07) is 15.1. The first-order valence-electron chi connectivity index (χ1n) is 9.04. The van der Waals surface area contributed by atoms with E-state index in [2.05, 4.69) is 24.4 Å². The maximum absolute atomic E-state index is 12.3. The van der Waals surface area contributed by atoms with E-state index in [1.54, 1.807) is 24.3 Å². The number of halogens is 1. The molecular formula is C21H26ClNO3. The number of benzene rings is 2. The van der Waals surface area contributed by atoms with Crippen molar-refractivity contribution in [3.63, 3.8) is 0 Å². The van der Waals surface area contributed by atoms with E-state index in [1.807, 2.05) is 19.1 Å². The first-order valence-corrected chi connectivity index (χ1v) is 9.41.